The molecule has 0 unspecified atom stereocenters. The zero-order chi connectivity index (χ0) is 13.9. The van der Waals surface area contributed by atoms with Crippen molar-refractivity contribution in [3.63, 3.8) is 0 Å². The molecule has 1 aliphatic carbocycles. The van der Waals surface area contributed by atoms with Crippen molar-refractivity contribution in [2.24, 2.45) is 13.0 Å². The number of aromatic nitrogens is 3. The molecule has 0 bridgehead atoms. The smallest absolute Gasteiger partial charge is 0.172 e. The van der Waals surface area contributed by atoms with Crippen molar-refractivity contribution in [1.82, 2.24) is 14.8 Å². The number of ether oxygens (including phenoxy) is 1. The van der Waals surface area contributed by atoms with Crippen LogP contribution in [0.5, 0.6) is 0 Å². The van der Waals surface area contributed by atoms with Gasteiger partial charge in [0.15, 0.2) is 5.78 Å². The van der Waals surface area contributed by atoms with Crippen LogP contribution in [0.2, 0.25) is 0 Å². The van der Waals surface area contributed by atoms with Crippen molar-refractivity contribution >= 4 is 5.78 Å². The number of carbonyl (C=O) groups excluding carboxylic acids is 1. The molecule has 0 radical (unpaired) electrons. The predicted octanol–water partition coefficient (Wildman–Crippen LogP) is 1.91. The number of ketones is 1. The summed E-state index contributed by atoms with van der Waals surface area (Å²) in [6, 6.07) is 0. The third-order valence-corrected chi connectivity index (χ3v) is 4.13. The molecule has 0 atom stereocenters. The molecular weight excluding hydrogens is 242 g/mol. The van der Waals surface area contributed by atoms with Gasteiger partial charge in [-0.15, -0.1) is 0 Å². The van der Waals surface area contributed by atoms with E-state index in [2.05, 4.69) is 17.0 Å². The van der Waals surface area contributed by atoms with Gasteiger partial charge in [-0.25, -0.2) is 4.98 Å². The van der Waals surface area contributed by atoms with Crippen molar-refractivity contribution in [2.45, 2.75) is 51.6 Å². The lowest BCUT2D eigenvalue weighted by molar-refractivity contribution is -0.149. The van der Waals surface area contributed by atoms with Gasteiger partial charge in [0, 0.05) is 13.7 Å². The van der Waals surface area contributed by atoms with Gasteiger partial charge in [0.25, 0.3) is 0 Å². The van der Waals surface area contributed by atoms with Gasteiger partial charge in [-0.1, -0.05) is 6.92 Å². The van der Waals surface area contributed by atoms with E-state index in [9.17, 15) is 4.79 Å². The fourth-order valence-corrected chi connectivity index (χ4v) is 2.79. The summed E-state index contributed by atoms with van der Waals surface area (Å²) in [5, 5.41) is 4.01. The molecule has 1 aromatic heterocycles. The van der Waals surface area contributed by atoms with Crippen molar-refractivity contribution in [1.29, 1.82) is 0 Å². The van der Waals surface area contributed by atoms with Gasteiger partial charge in [-0.2, -0.15) is 5.10 Å². The Bertz CT molecular complexity index is 434. The minimum absolute atomic E-state index is 0.150. The summed E-state index contributed by atoms with van der Waals surface area (Å²) in [6.45, 7) is 4.78. The summed E-state index contributed by atoms with van der Waals surface area (Å²) in [6.07, 6.45) is 5.58. The molecule has 5 heteroatoms. The fraction of sp³-hybridized carbons (Fsp3) is 0.786. The topological polar surface area (TPSA) is 57.0 Å². The van der Waals surface area contributed by atoms with Gasteiger partial charge >= 0.3 is 0 Å². The zero-order valence-electron chi connectivity index (χ0n) is 12.1. The standard InChI is InChI=1S/C14H23N3O2/c1-4-19-14(7-5-11(2)6-8-14)12(18)9-13-15-10-16-17(13)3/h10-11H,4-9H2,1-3H3. The molecule has 106 valence electrons. The summed E-state index contributed by atoms with van der Waals surface area (Å²) in [7, 11) is 1.81. The monoisotopic (exact) mass is 265 g/mol. The first-order chi connectivity index (χ1) is 9.07. The maximum absolute atomic E-state index is 12.6. The molecule has 0 saturated heterocycles. The SMILES string of the molecule is CCOC1(C(=O)Cc2ncnn2C)CCC(C)CC1. The number of hydrogen-bond acceptors (Lipinski definition) is 4. The lowest BCUT2D eigenvalue weighted by Gasteiger charge is -2.37. The highest BCUT2D eigenvalue weighted by molar-refractivity contribution is 5.88. The van der Waals surface area contributed by atoms with Crippen molar-refractivity contribution in [3.05, 3.63) is 12.2 Å². The zero-order valence-corrected chi connectivity index (χ0v) is 12.1. The normalized spacial score (nSPS) is 27.4. The maximum Gasteiger partial charge on any atom is 0.172 e. The van der Waals surface area contributed by atoms with Crippen LogP contribution in [0, 0.1) is 5.92 Å². The Morgan fingerprint density at radius 2 is 2.21 bits per heavy atom. The Morgan fingerprint density at radius 3 is 2.74 bits per heavy atom. The Kier molecular flexibility index (Phi) is 4.34. The van der Waals surface area contributed by atoms with E-state index in [4.69, 9.17) is 4.74 Å². The van der Waals surface area contributed by atoms with Crippen LogP contribution in [-0.4, -0.2) is 32.8 Å². The second-order valence-corrected chi connectivity index (χ2v) is 5.51. The second-order valence-electron chi connectivity index (χ2n) is 5.51. The Morgan fingerprint density at radius 1 is 1.53 bits per heavy atom. The highest BCUT2D eigenvalue weighted by Crippen LogP contribution is 2.36. The number of Topliss-reactive ketones (excluding diaryl/α,β-unsaturated/α-hetero) is 1. The van der Waals surface area contributed by atoms with E-state index >= 15 is 0 Å². The lowest BCUT2D eigenvalue weighted by Crippen LogP contribution is -2.45. The average Bonchev–Trinajstić information content (AvgIpc) is 2.78. The van der Waals surface area contributed by atoms with Gasteiger partial charge in [-0.05, 0) is 38.5 Å². The molecule has 0 spiro atoms. The number of hydrogen-bond donors (Lipinski definition) is 0. The molecule has 1 aliphatic rings. The first kappa shape index (κ1) is 14.2. The van der Waals surface area contributed by atoms with Gasteiger partial charge in [0.2, 0.25) is 0 Å². The summed E-state index contributed by atoms with van der Waals surface area (Å²) < 4.78 is 7.52. The van der Waals surface area contributed by atoms with E-state index in [1.807, 2.05) is 14.0 Å². The van der Waals surface area contributed by atoms with Gasteiger partial charge in [-0.3, -0.25) is 9.48 Å². The van der Waals surface area contributed by atoms with E-state index in [1.54, 1.807) is 4.68 Å². The van der Waals surface area contributed by atoms with Gasteiger partial charge in [0.05, 0.1) is 6.42 Å². The molecule has 1 fully saturated rings. The molecule has 19 heavy (non-hydrogen) atoms. The fourth-order valence-electron chi connectivity index (χ4n) is 2.79. The number of rotatable bonds is 5. The Balaban J connectivity index is 2.10. The van der Waals surface area contributed by atoms with Crippen molar-refractivity contribution in [3.8, 4) is 0 Å². The predicted molar refractivity (Wildman–Crippen MR) is 71.7 cm³/mol. The molecule has 1 aromatic rings. The molecule has 0 amide bonds. The van der Waals surface area contributed by atoms with Crippen molar-refractivity contribution in [2.75, 3.05) is 6.61 Å². The van der Waals surface area contributed by atoms with Gasteiger partial charge in [0.1, 0.15) is 17.8 Å². The largest absolute Gasteiger partial charge is 0.367 e. The van der Waals surface area contributed by atoms with E-state index < -0.39 is 5.60 Å². The van der Waals surface area contributed by atoms with Crippen LogP contribution in [-0.2, 0) is 23.0 Å². The van der Waals surface area contributed by atoms with Crippen LogP contribution in [0.25, 0.3) is 0 Å². The molecular formula is C14H23N3O2. The highest BCUT2D eigenvalue weighted by atomic mass is 16.5. The third-order valence-electron chi connectivity index (χ3n) is 4.13. The molecule has 1 heterocycles. The molecule has 1 saturated carbocycles. The summed E-state index contributed by atoms with van der Waals surface area (Å²) in [4.78, 5) is 16.8. The molecule has 0 N–H and O–H groups in total. The van der Waals surface area contributed by atoms with Gasteiger partial charge < -0.3 is 4.74 Å². The minimum Gasteiger partial charge on any atom is -0.367 e. The first-order valence-electron chi connectivity index (χ1n) is 7.07. The molecule has 5 nitrogen and oxygen atoms in total. The van der Waals surface area contributed by atoms with Crippen LogP contribution >= 0.6 is 0 Å². The van der Waals surface area contributed by atoms with Crippen molar-refractivity contribution < 1.29 is 9.53 Å². The van der Waals surface area contributed by atoms with E-state index in [-0.39, 0.29) is 5.78 Å². The van der Waals surface area contributed by atoms with Crippen LogP contribution in [0.4, 0.5) is 0 Å². The van der Waals surface area contributed by atoms with E-state index in [0.717, 1.165) is 25.7 Å². The van der Waals surface area contributed by atoms with Crippen LogP contribution in [0.15, 0.2) is 6.33 Å². The summed E-state index contributed by atoms with van der Waals surface area (Å²) in [5.74, 6) is 1.55. The number of nitrogens with zero attached hydrogens (tertiary/aromatic N) is 3. The Labute approximate surface area is 114 Å². The van der Waals surface area contributed by atoms with Crippen LogP contribution in [0.3, 0.4) is 0 Å². The van der Waals surface area contributed by atoms with Crippen LogP contribution in [0.1, 0.15) is 45.4 Å². The highest BCUT2D eigenvalue weighted by Gasteiger charge is 2.41. The average molecular weight is 265 g/mol. The quantitative estimate of drug-likeness (QED) is 0.816. The number of aryl methyl sites for hydroxylation is 1. The van der Waals surface area contributed by atoms with Crippen LogP contribution < -0.4 is 0 Å². The number of carbonyl (C=O) groups is 1. The molecule has 0 aromatic carbocycles. The Hall–Kier alpha value is -1.23. The summed E-state index contributed by atoms with van der Waals surface area (Å²) >= 11 is 0. The van der Waals surface area contributed by atoms with E-state index in [0.29, 0.717) is 24.8 Å². The first-order valence-corrected chi connectivity index (χ1v) is 7.07. The summed E-state index contributed by atoms with van der Waals surface area (Å²) in [5.41, 5.74) is -0.590. The molecule has 0 aliphatic heterocycles. The lowest BCUT2D eigenvalue weighted by atomic mass is 9.76. The second kappa shape index (κ2) is 5.82. The minimum atomic E-state index is -0.590. The maximum atomic E-state index is 12.6. The molecule has 2 rings (SSSR count). The third kappa shape index (κ3) is 3.03. The van der Waals surface area contributed by atoms with E-state index in [1.165, 1.54) is 6.33 Å².